The second-order valence-corrected chi connectivity index (χ2v) is 6.39. The molecule has 0 spiro atoms. The Hall–Kier alpha value is -2.56. The SMILES string of the molecule is COC(=O)c1c(C)c(C(=O)COc2ccccc2C(C)C)c(C)n1C. The molecule has 0 aliphatic carbocycles. The molecule has 0 amide bonds. The second-order valence-electron chi connectivity index (χ2n) is 6.39. The van der Waals surface area contributed by atoms with E-state index in [2.05, 4.69) is 13.8 Å². The fourth-order valence-electron chi connectivity index (χ4n) is 3.08. The van der Waals surface area contributed by atoms with Crippen molar-refractivity contribution >= 4 is 11.8 Å². The second kappa shape index (κ2) is 7.55. The van der Waals surface area contributed by atoms with Crippen molar-refractivity contribution in [3.05, 3.63) is 52.3 Å². The number of hydrogen-bond donors (Lipinski definition) is 0. The van der Waals surface area contributed by atoms with Crippen LogP contribution in [0.3, 0.4) is 0 Å². The minimum absolute atomic E-state index is 0.0734. The van der Waals surface area contributed by atoms with Crippen molar-refractivity contribution in [2.75, 3.05) is 13.7 Å². The van der Waals surface area contributed by atoms with Crippen LogP contribution >= 0.6 is 0 Å². The molecule has 25 heavy (non-hydrogen) atoms. The summed E-state index contributed by atoms with van der Waals surface area (Å²) in [5.74, 6) is 0.412. The number of benzene rings is 1. The van der Waals surface area contributed by atoms with Gasteiger partial charge >= 0.3 is 5.97 Å². The van der Waals surface area contributed by atoms with Crippen LogP contribution < -0.4 is 4.74 Å². The third-order valence-electron chi connectivity index (χ3n) is 4.49. The Morgan fingerprint density at radius 3 is 2.40 bits per heavy atom. The molecule has 0 fully saturated rings. The van der Waals surface area contributed by atoms with Gasteiger partial charge in [-0.05, 0) is 37.0 Å². The highest BCUT2D eigenvalue weighted by Crippen LogP contribution is 2.27. The topological polar surface area (TPSA) is 57.5 Å². The van der Waals surface area contributed by atoms with Crippen LogP contribution in [0.2, 0.25) is 0 Å². The first kappa shape index (κ1) is 18.8. The molecule has 1 aromatic carbocycles. The molecule has 0 bridgehead atoms. The number of ketones is 1. The highest BCUT2D eigenvalue weighted by Gasteiger charge is 2.25. The van der Waals surface area contributed by atoms with Crippen molar-refractivity contribution in [1.29, 1.82) is 0 Å². The van der Waals surface area contributed by atoms with E-state index in [0.29, 0.717) is 28.5 Å². The van der Waals surface area contributed by atoms with Crippen molar-refractivity contribution in [2.45, 2.75) is 33.6 Å². The molecule has 0 radical (unpaired) electrons. The zero-order valence-corrected chi connectivity index (χ0v) is 15.7. The van der Waals surface area contributed by atoms with Gasteiger partial charge in [0.1, 0.15) is 11.4 Å². The quantitative estimate of drug-likeness (QED) is 0.591. The fraction of sp³-hybridized carbons (Fsp3) is 0.400. The minimum atomic E-state index is -0.451. The number of carbonyl (C=O) groups excluding carboxylic acids is 2. The van der Waals surface area contributed by atoms with Crippen molar-refractivity contribution in [2.24, 2.45) is 7.05 Å². The summed E-state index contributed by atoms with van der Waals surface area (Å²) in [7, 11) is 3.08. The molecule has 2 rings (SSSR count). The summed E-state index contributed by atoms with van der Waals surface area (Å²) >= 11 is 0. The Kier molecular flexibility index (Phi) is 5.67. The summed E-state index contributed by atoms with van der Waals surface area (Å²) in [6.45, 7) is 7.66. The van der Waals surface area contributed by atoms with Crippen molar-refractivity contribution in [3.8, 4) is 5.75 Å². The van der Waals surface area contributed by atoms with E-state index < -0.39 is 5.97 Å². The number of hydrogen-bond acceptors (Lipinski definition) is 4. The lowest BCUT2D eigenvalue weighted by atomic mass is 10.0. The molecule has 0 N–H and O–H groups in total. The number of methoxy groups -OCH3 is 1. The Labute approximate surface area is 148 Å². The van der Waals surface area contributed by atoms with Crippen LogP contribution in [0.1, 0.15) is 57.4 Å². The molecule has 0 saturated carbocycles. The first-order valence-electron chi connectivity index (χ1n) is 8.28. The summed E-state index contributed by atoms with van der Waals surface area (Å²) in [5, 5.41) is 0. The lowest BCUT2D eigenvalue weighted by Gasteiger charge is -2.13. The molecule has 1 aromatic heterocycles. The van der Waals surface area contributed by atoms with Gasteiger partial charge in [-0.15, -0.1) is 0 Å². The third kappa shape index (κ3) is 3.60. The van der Waals surface area contributed by atoms with Gasteiger partial charge < -0.3 is 14.0 Å². The molecular weight excluding hydrogens is 318 g/mol. The van der Waals surface area contributed by atoms with Gasteiger partial charge in [0.2, 0.25) is 5.78 Å². The molecule has 0 aliphatic rings. The number of carbonyl (C=O) groups is 2. The van der Waals surface area contributed by atoms with Gasteiger partial charge in [0.05, 0.1) is 7.11 Å². The maximum Gasteiger partial charge on any atom is 0.354 e. The van der Waals surface area contributed by atoms with Crippen LogP contribution in [0.4, 0.5) is 0 Å². The highest BCUT2D eigenvalue weighted by molar-refractivity contribution is 6.03. The number of ether oxygens (including phenoxy) is 2. The highest BCUT2D eigenvalue weighted by atomic mass is 16.5. The van der Waals surface area contributed by atoms with Crippen LogP contribution in [0.25, 0.3) is 0 Å². The number of esters is 1. The van der Waals surface area contributed by atoms with E-state index in [0.717, 1.165) is 11.3 Å². The predicted molar refractivity (Wildman–Crippen MR) is 96.6 cm³/mol. The lowest BCUT2D eigenvalue weighted by molar-refractivity contribution is 0.0588. The maximum atomic E-state index is 12.7. The van der Waals surface area contributed by atoms with Crippen molar-refractivity contribution in [3.63, 3.8) is 0 Å². The maximum absolute atomic E-state index is 12.7. The summed E-state index contributed by atoms with van der Waals surface area (Å²) in [5.41, 5.74) is 3.32. The molecule has 134 valence electrons. The average molecular weight is 343 g/mol. The summed E-state index contributed by atoms with van der Waals surface area (Å²) in [4.78, 5) is 24.7. The Balaban J connectivity index is 2.27. The molecule has 0 aliphatic heterocycles. The molecule has 0 saturated heterocycles. The largest absolute Gasteiger partial charge is 0.485 e. The lowest BCUT2D eigenvalue weighted by Crippen LogP contribution is -2.14. The van der Waals surface area contributed by atoms with Gasteiger partial charge in [0.25, 0.3) is 0 Å². The van der Waals surface area contributed by atoms with E-state index in [9.17, 15) is 9.59 Å². The van der Waals surface area contributed by atoms with Gasteiger partial charge in [-0.3, -0.25) is 4.79 Å². The number of nitrogens with zero attached hydrogens (tertiary/aromatic N) is 1. The predicted octanol–water partition coefficient (Wildman–Crippen LogP) is 3.81. The van der Waals surface area contributed by atoms with Gasteiger partial charge in [-0.1, -0.05) is 32.0 Å². The molecule has 0 atom stereocenters. The molecule has 0 unspecified atom stereocenters. The van der Waals surface area contributed by atoms with Crippen LogP contribution in [-0.4, -0.2) is 30.0 Å². The molecule has 1 heterocycles. The van der Waals surface area contributed by atoms with Crippen molar-refractivity contribution in [1.82, 2.24) is 4.57 Å². The third-order valence-corrected chi connectivity index (χ3v) is 4.49. The average Bonchev–Trinajstić information content (AvgIpc) is 2.81. The molecule has 5 nitrogen and oxygen atoms in total. The van der Waals surface area contributed by atoms with Crippen molar-refractivity contribution < 1.29 is 19.1 Å². The van der Waals surface area contributed by atoms with E-state index in [4.69, 9.17) is 9.47 Å². The van der Waals surface area contributed by atoms with Gasteiger partial charge in [0, 0.05) is 18.3 Å². The zero-order chi connectivity index (χ0) is 18.7. The van der Waals surface area contributed by atoms with E-state index >= 15 is 0 Å². The van der Waals surface area contributed by atoms with Gasteiger partial charge in [-0.25, -0.2) is 4.79 Å². The zero-order valence-electron chi connectivity index (χ0n) is 15.7. The normalized spacial score (nSPS) is 10.8. The summed E-state index contributed by atoms with van der Waals surface area (Å²) < 4.78 is 12.3. The summed E-state index contributed by atoms with van der Waals surface area (Å²) in [6, 6.07) is 7.71. The summed E-state index contributed by atoms with van der Waals surface area (Å²) in [6.07, 6.45) is 0. The van der Waals surface area contributed by atoms with Crippen LogP contribution in [0.5, 0.6) is 5.75 Å². The van der Waals surface area contributed by atoms with Crippen LogP contribution in [-0.2, 0) is 11.8 Å². The minimum Gasteiger partial charge on any atom is -0.485 e. The Bertz CT molecular complexity index is 802. The number of aromatic nitrogens is 1. The smallest absolute Gasteiger partial charge is 0.354 e. The number of Topliss-reactive ketones (excluding diaryl/α,β-unsaturated/α-hetero) is 1. The first-order valence-corrected chi connectivity index (χ1v) is 8.28. The number of rotatable bonds is 6. The van der Waals surface area contributed by atoms with Gasteiger partial charge in [0.15, 0.2) is 6.61 Å². The molecule has 5 heteroatoms. The van der Waals surface area contributed by atoms with E-state index in [1.165, 1.54) is 7.11 Å². The monoisotopic (exact) mass is 343 g/mol. The van der Waals surface area contributed by atoms with E-state index in [-0.39, 0.29) is 12.4 Å². The van der Waals surface area contributed by atoms with E-state index in [1.807, 2.05) is 31.2 Å². The number of para-hydroxylation sites is 1. The Morgan fingerprint density at radius 2 is 1.80 bits per heavy atom. The Morgan fingerprint density at radius 1 is 1.16 bits per heavy atom. The first-order chi connectivity index (χ1) is 11.8. The van der Waals surface area contributed by atoms with Gasteiger partial charge in [-0.2, -0.15) is 0 Å². The van der Waals surface area contributed by atoms with Crippen LogP contribution in [0, 0.1) is 13.8 Å². The fourth-order valence-corrected chi connectivity index (χ4v) is 3.08. The van der Waals surface area contributed by atoms with Crippen LogP contribution in [0.15, 0.2) is 24.3 Å². The molecular formula is C20H25NO4. The van der Waals surface area contributed by atoms with E-state index in [1.54, 1.807) is 18.5 Å². The standard InChI is InChI=1S/C20H25NO4/c1-12(2)15-9-7-8-10-17(15)25-11-16(22)18-13(3)19(20(23)24-6)21(5)14(18)4/h7-10,12H,11H2,1-6H3. The molecule has 2 aromatic rings.